The van der Waals surface area contributed by atoms with Crippen LogP contribution in [0.3, 0.4) is 0 Å². The fourth-order valence-electron chi connectivity index (χ4n) is 2.67. The molecule has 2 aliphatic rings. The molecule has 0 aromatic rings. The molecular weight excluding hydrogens is 337 g/mol. The molecule has 0 aromatic carbocycles. The van der Waals surface area contributed by atoms with E-state index in [0.29, 0.717) is 11.5 Å². The van der Waals surface area contributed by atoms with Crippen LogP contribution < -0.4 is 10.6 Å². The first kappa shape index (κ1) is 16.1. The summed E-state index contributed by atoms with van der Waals surface area (Å²) < 4.78 is 0. The lowest BCUT2D eigenvalue weighted by molar-refractivity contribution is 0.277. The molecule has 2 aliphatic carbocycles. The van der Waals surface area contributed by atoms with Crippen molar-refractivity contribution in [2.75, 3.05) is 13.6 Å². The quantitative estimate of drug-likeness (QED) is 0.349. The van der Waals surface area contributed by atoms with E-state index in [1.807, 2.05) is 7.05 Å². The summed E-state index contributed by atoms with van der Waals surface area (Å²) in [5, 5.41) is 6.97. The highest BCUT2D eigenvalue weighted by molar-refractivity contribution is 14.0. The predicted octanol–water partition coefficient (Wildman–Crippen LogP) is 3.29. The van der Waals surface area contributed by atoms with Crippen molar-refractivity contribution in [2.24, 2.45) is 10.4 Å². The SMILES string of the molecule is CN=C(NCC1(C)CCCCCC1)NC1CC1.I. The molecule has 106 valence electrons. The van der Waals surface area contributed by atoms with Gasteiger partial charge in [-0.1, -0.05) is 32.6 Å². The first-order valence-electron chi connectivity index (χ1n) is 7.19. The number of nitrogens with one attached hydrogen (secondary N) is 2. The third-order valence-corrected chi connectivity index (χ3v) is 4.14. The van der Waals surface area contributed by atoms with Crippen LogP contribution in [0.4, 0.5) is 0 Å². The normalized spacial score (nSPS) is 23.8. The lowest BCUT2D eigenvalue weighted by Crippen LogP contribution is -2.43. The minimum atomic E-state index is 0. The molecule has 0 heterocycles. The largest absolute Gasteiger partial charge is 0.356 e. The van der Waals surface area contributed by atoms with E-state index in [-0.39, 0.29) is 24.0 Å². The van der Waals surface area contributed by atoms with E-state index in [2.05, 4.69) is 22.5 Å². The molecule has 2 rings (SSSR count). The van der Waals surface area contributed by atoms with Gasteiger partial charge in [0.25, 0.3) is 0 Å². The van der Waals surface area contributed by atoms with Gasteiger partial charge in [0, 0.05) is 19.6 Å². The molecular formula is C14H28IN3. The van der Waals surface area contributed by atoms with Crippen LogP contribution in [0.5, 0.6) is 0 Å². The fourth-order valence-corrected chi connectivity index (χ4v) is 2.67. The Kier molecular flexibility index (Phi) is 6.74. The van der Waals surface area contributed by atoms with Crippen molar-refractivity contribution in [1.82, 2.24) is 10.6 Å². The average molecular weight is 365 g/mol. The molecule has 4 heteroatoms. The number of aliphatic imine (C=N–C) groups is 1. The Morgan fingerprint density at radius 1 is 1.17 bits per heavy atom. The smallest absolute Gasteiger partial charge is 0.191 e. The van der Waals surface area contributed by atoms with Crippen molar-refractivity contribution >= 4 is 29.9 Å². The summed E-state index contributed by atoms with van der Waals surface area (Å²) in [5.74, 6) is 0.998. The first-order chi connectivity index (χ1) is 8.22. The summed E-state index contributed by atoms with van der Waals surface area (Å²) in [4.78, 5) is 4.30. The molecule has 0 bridgehead atoms. The molecule has 2 fully saturated rings. The van der Waals surface area contributed by atoms with E-state index in [4.69, 9.17) is 0 Å². The van der Waals surface area contributed by atoms with Gasteiger partial charge in [0.2, 0.25) is 0 Å². The molecule has 0 saturated heterocycles. The molecule has 18 heavy (non-hydrogen) atoms. The van der Waals surface area contributed by atoms with Gasteiger partial charge in [-0.15, -0.1) is 24.0 Å². The minimum absolute atomic E-state index is 0. The Labute approximate surface area is 129 Å². The topological polar surface area (TPSA) is 36.4 Å². The second-order valence-electron chi connectivity index (χ2n) is 6.07. The molecule has 0 radical (unpaired) electrons. The molecule has 0 amide bonds. The van der Waals surface area contributed by atoms with Crippen LogP contribution in [0.1, 0.15) is 58.3 Å². The van der Waals surface area contributed by atoms with E-state index in [1.165, 1.54) is 51.4 Å². The molecule has 0 aromatic heterocycles. The Morgan fingerprint density at radius 3 is 2.28 bits per heavy atom. The van der Waals surface area contributed by atoms with Crippen molar-refractivity contribution in [1.29, 1.82) is 0 Å². The Hall–Kier alpha value is 0. The van der Waals surface area contributed by atoms with E-state index in [0.717, 1.165) is 12.5 Å². The molecule has 0 unspecified atom stereocenters. The highest BCUT2D eigenvalue weighted by Gasteiger charge is 2.27. The van der Waals surface area contributed by atoms with Crippen molar-refractivity contribution in [3.63, 3.8) is 0 Å². The summed E-state index contributed by atoms with van der Waals surface area (Å²) in [7, 11) is 1.87. The number of nitrogens with zero attached hydrogens (tertiary/aromatic N) is 1. The van der Waals surface area contributed by atoms with Crippen molar-refractivity contribution in [2.45, 2.75) is 64.3 Å². The van der Waals surface area contributed by atoms with Crippen LogP contribution in [0.25, 0.3) is 0 Å². The Bertz CT molecular complexity index is 266. The van der Waals surface area contributed by atoms with Gasteiger partial charge in [-0.2, -0.15) is 0 Å². The highest BCUT2D eigenvalue weighted by atomic mass is 127. The lowest BCUT2D eigenvalue weighted by Gasteiger charge is -2.29. The number of hydrogen-bond acceptors (Lipinski definition) is 1. The van der Waals surface area contributed by atoms with Gasteiger partial charge in [0.05, 0.1) is 0 Å². The molecule has 0 spiro atoms. The van der Waals surface area contributed by atoms with Crippen LogP contribution >= 0.6 is 24.0 Å². The lowest BCUT2D eigenvalue weighted by atomic mass is 9.82. The van der Waals surface area contributed by atoms with Gasteiger partial charge in [0.15, 0.2) is 5.96 Å². The van der Waals surface area contributed by atoms with Gasteiger partial charge in [-0.3, -0.25) is 4.99 Å². The van der Waals surface area contributed by atoms with Gasteiger partial charge in [-0.25, -0.2) is 0 Å². The summed E-state index contributed by atoms with van der Waals surface area (Å²) in [6.07, 6.45) is 11.0. The maximum absolute atomic E-state index is 4.30. The van der Waals surface area contributed by atoms with Crippen LogP contribution in [-0.4, -0.2) is 25.6 Å². The summed E-state index contributed by atoms with van der Waals surface area (Å²) in [5.41, 5.74) is 0.470. The van der Waals surface area contributed by atoms with Crippen LogP contribution in [0.2, 0.25) is 0 Å². The summed E-state index contributed by atoms with van der Waals surface area (Å²) in [6.45, 7) is 3.50. The maximum atomic E-state index is 4.30. The average Bonchev–Trinajstić information content (AvgIpc) is 3.13. The second-order valence-corrected chi connectivity index (χ2v) is 6.07. The monoisotopic (exact) mass is 365 g/mol. The summed E-state index contributed by atoms with van der Waals surface area (Å²) in [6, 6.07) is 0.683. The van der Waals surface area contributed by atoms with Crippen LogP contribution in [0.15, 0.2) is 4.99 Å². The van der Waals surface area contributed by atoms with Gasteiger partial charge in [0.1, 0.15) is 0 Å². The van der Waals surface area contributed by atoms with E-state index in [9.17, 15) is 0 Å². The molecule has 2 saturated carbocycles. The zero-order valence-corrected chi connectivity index (χ0v) is 14.1. The van der Waals surface area contributed by atoms with Gasteiger partial charge in [-0.05, 0) is 31.1 Å². The minimum Gasteiger partial charge on any atom is -0.356 e. The van der Waals surface area contributed by atoms with E-state index in [1.54, 1.807) is 0 Å². The first-order valence-corrected chi connectivity index (χ1v) is 7.19. The van der Waals surface area contributed by atoms with Crippen LogP contribution in [-0.2, 0) is 0 Å². The molecule has 2 N–H and O–H groups in total. The van der Waals surface area contributed by atoms with E-state index < -0.39 is 0 Å². The Morgan fingerprint density at radius 2 is 1.78 bits per heavy atom. The molecule has 3 nitrogen and oxygen atoms in total. The number of hydrogen-bond donors (Lipinski definition) is 2. The van der Waals surface area contributed by atoms with E-state index >= 15 is 0 Å². The third kappa shape index (κ3) is 5.33. The van der Waals surface area contributed by atoms with Crippen molar-refractivity contribution in [3.05, 3.63) is 0 Å². The Balaban J connectivity index is 0.00000162. The van der Waals surface area contributed by atoms with Gasteiger partial charge < -0.3 is 10.6 Å². The van der Waals surface area contributed by atoms with Crippen molar-refractivity contribution in [3.8, 4) is 0 Å². The maximum Gasteiger partial charge on any atom is 0.191 e. The van der Waals surface area contributed by atoms with Crippen LogP contribution in [0, 0.1) is 5.41 Å². The molecule has 0 aliphatic heterocycles. The van der Waals surface area contributed by atoms with Crippen molar-refractivity contribution < 1.29 is 0 Å². The number of guanidine groups is 1. The predicted molar refractivity (Wildman–Crippen MR) is 88.7 cm³/mol. The third-order valence-electron chi connectivity index (χ3n) is 4.14. The van der Waals surface area contributed by atoms with Gasteiger partial charge >= 0.3 is 0 Å². The highest BCUT2D eigenvalue weighted by Crippen LogP contribution is 2.33. The zero-order chi connectivity index (χ0) is 12.1. The number of rotatable bonds is 3. The fraction of sp³-hybridized carbons (Fsp3) is 0.929. The molecule has 0 atom stereocenters. The zero-order valence-electron chi connectivity index (χ0n) is 11.8. The second kappa shape index (κ2) is 7.56. The summed E-state index contributed by atoms with van der Waals surface area (Å²) >= 11 is 0. The standard InChI is InChI=1S/C14H27N3.HI/c1-14(9-5-3-4-6-10-14)11-16-13(15-2)17-12-7-8-12;/h12H,3-11H2,1-2H3,(H2,15,16,17);1H. The number of halogens is 1.